The van der Waals surface area contributed by atoms with Gasteiger partial charge in [0.25, 0.3) is 0 Å². The molecule has 0 fully saturated rings. The van der Waals surface area contributed by atoms with Crippen LogP contribution in [0.1, 0.15) is 42.0 Å². The number of nitrogens with one attached hydrogen (secondary N) is 1. The predicted octanol–water partition coefficient (Wildman–Crippen LogP) is 6.89. The van der Waals surface area contributed by atoms with E-state index in [1.54, 1.807) is 6.08 Å². The summed E-state index contributed by atoms with van der Waals surface area (Å²) in [4.78, 5) is 17.1. The van der Waals surface area contributed by atoms with Gasteiger partial charge in [0.2, 0.25) is 11.8 Å². The lowest BCUT2D eigenvalue weighted by atomic mass is 10.0. The van der Waals surface area contributed by atoms with Crippen LogP contribution in [0.25, 0.3) is 28.6 Å². The molecule has 0 atom stereocenters. The molecule has 156 valence electrons. The molecule has 1 N–H and O–H groups in total. The summed E-state index contributed by atoms with van der Waals surface area (Å²) >= 11 is 0. The monoisotopic (exact) mass is 410 g/mol. The van der Waals surface area contributed by atoms with Crippen molar-refractivity contribution in [2.45, 2.75) is 33.6 Å². The minimum absolute atomic E-state index is 0.179. The van der Waals surface area contributed by atoms with Crippen LogP contribution >= 0.6 is 0 Å². The second-order valence-electron chi connectivity index (χ2n) is 8.16. The molecule has 0 aliphatic carbocycles. The van der Waals surface area contributed by atoms with Crippen LogP contribution in [0.4, 0.5) is 5.69 Å². The van der Waals surface area contributed by atoms with Gasteiger partial charge in [-0.3, -0.25) is 4.79 Å². The number of amides is 1. The Morgan fingerprint density at radius 3 is 2.52 bits per heavy atom. The number of hydrogen-bond donors (Lipinski definition) is 1. The molecule has 0 unspecified atom stereocenters. The normalized spacial score (nSPS) is 11.5. The molecule has 1 heterocycles. The maximum atomic E-state index is 12.5. The van der Waals surface area contributed by atoms with E-state index in [-0.39, 0.29) is 5.91 Å². The molecule has 31 heavy (non-hydrogen) atoms. The Hall–Kier alpha value is -3.66. The zero-order valence-corrected chi connectivity index (χ0v) is 18.3. The first-order valence-electron chi connectivity index (χ1n) is 10.5. The van der Waals surface area contributed by atoms with E-state index in [4.69, 9.17) is 4.42 Å². The molecule has 0 bridgehead atoms. The number of benzene rings is 3. The largest absolute Gasteiger partial charge is 0.436 e. The van der Waals surface area contributed by atoms with Crippen molar-refractivity contribution in [3.05, 3.63) is 89.0 Å². The summed E-state index contributed by atoms with van der Waals surface area (Å²) in [5, 5.41) is 2.97. The SMILES string of the molecule is Cc1ccc2oc(-c3ccc(C)c(NC(=O)C=Cc4ccc(C(C)C)cc4)c3)nc2c1. The van der Waals surface area contributed by atoms with Crippen molar-refractivity contribution in [3.63, 3.8) is 0 Å². The molecule has 4 rings (SSSR count). The third-order valence-electron chi connectivity index (χ3n) is 5.32. The molecule has 0 aliphatic rings. The van der Waals surface area contributed by atoms with Crippen LogP contribution < -0.4 is 5.32 Å². The number of carbonyl (C=O) groups excluding carboxylic acids is 1. The molecule has 1 amide bonds. The molecular weight excluding hydrogens is 384 g/mol. The molecule has 4 heteroatoms. The quantitative estimate of drug-likeness (QED) is 0.365. The first kappa shape index (κ1) is 20.6. The first-order valence-corrected chi connectivity index (χ1v) is 10.5. The van der Waals surface area contributed by atoms with E-state index in [2.05, 4.69) is 36.3 Å². The molecule has 0 saturated heterocycles. The maximum Gasteiger partial charge on any atom is 0.248 e. The average molecular weight is 411 g/mol. The Balaban J connectivity index is 1.52. The van der Waals surface area contributed by atoms with Crippen LogP contribution in [0.3, 0.4) is 0 Å². The van der Waals surface area contributed by atoms with Gasteiger partial charge < -0.3 is 9.73 Å². The van der Waals surface area contributed by atoms with E-state index in [0.717, 1.165) is 39.0 Å². The minimum atomic E-state index is -0.179. The van der Waals surface area contributed by atoms with Crippen molar-refractivity contribution < 1.29 is 9.21 Å². The van der Waals surface area contributed by atoms with E-state index < -0.39 is 0 Å². The van der Waals surface area contributed by atoms with Crippen LogP contribution in [0.5, 0.6) is 0 Å². The van der Waals surface area contributed by atoms with Gasteiger partial charge in [-0.2, -0.15) is 0 Å². The third-order valence-corrected chi connectivity index (χ3v) is 5.32. The summed E-state index contributed by atoms with van der Waals surface area (Å²) in [5.41, 5.74) is 7.51. The number of rotatable bonds is 5. The summed E-state index contributed by atoms with van der Waals surface area (Å²) in [5.74, 6) is 0.847. The summed E-state index contributed by atoms with van der Waals surface area (Å²) in [6, 6.07) is 20.0. The van der Waals surface area contributed by atoms with Gasteiger partial charge in [-0.1, -0.05) is 50.2 Å². The van der Waals surface area contributed by atoms with Gasteiger partial charge in [0.1, 0.15) is 5.52 Å². The van der Waals surface area contributed by atoms with Crippen molar-refractivity contribution >= 4 is 28.8 Å². The average Bonchev–Trinajstić information content (AvgIpc) is 3.17. The number of aryl methyl sites for hydroxylation is 2. The molecule has 4 nitrogen and oxygen atoms in total. The van der Waals surface area contributed by atoms with E-state index in [1.165, 1.54) is 5.56 Å². The summed E-state index contributed by atoms with van der Waals surface area (Å²) in [7, 11) is 0. The Bertz CT molecular complexity index is 1260. The second kappa shape index (κ2) is 8.60. The number of fused-ring (bicyclic) bond motifs is 1. The highest BCUT2D eigenvalue weighted by Crippen LogP contribution is 2.28. The van der Waals surface area contributed by atoms with Crippen molar-refractivity contribution in [2.75, 3.05) is 5.32 Å². The topological polar surface area (TPSA) is 55.1 Å². The highest BCUT2D eigenvalue weighted by molar-refractivity contribution is 6.02. The van der Waals surface area contributed by atoms with Crippen LogP contribution in [0, 0.1) is 13.8 Å². The van der Waals surface area contributed by atoms with Crippen LogP contribution in [0.2, 0.25) is 0 Å². The zero-order valence-electron chi connectivity index (χ0n) is 18.3. The highest BCUT2D eigenvalue weighted by Gasteiger charge is 2.11. The lowest BCUT2D eigenvalue weighted by Crippen LogP contribution is -2.09. The van der Waals surface area contributed by atoms with Gasteiger partial charge in [-0.25, -0.2) is 4.98 Å². The van der Waals surface area contributed by atoms with Gasteiger partial charge in [0, 0.05) is 17.3 Å². The molecular formula is C27H26N2O2. The standard InChI is InChI=1S/C27H26N2O2/c1-17(2)21-11-7-20(8-12-21)9-14-26(30)28-23-16-22(10-6-19(23)4)27-29-24-15-18(3)5-13-25(24)31-27/h5-17H,1-4H3,(H,28,30). The Morgan fingerprint density at radius 1 is 1.00 bits per heavy atom. The minimum Gasteiger partial charge on any atom is -0.436 e. The Morgan fingerprint density at radius 2 is 1.77 bits per heavy atom. The lowest BCUT2D eigenvalue weighted by Gasteiger charge is -2.08. The number of aromatic nitrogens is 1. The molecule has 3 aromatic carbocycles. The van der Waals surface area contributed by atoms with E-state index in [9.17, 15) is 4.79 Å². The Kier molecular flexibility index (Phi) is 5.72. The second-order valence-corrected chi connectivity index (χ2v) is 8.16. The van der Waals surface area contributed by atoms with Gasteiger partial charge in [0.15, 0.2) is 5.58 Å². The summed E-state index contributed by atoms with van der Waals surface area (Å²) in [6.07, 6.45) is 3.38. The molecule has 4 aromatic rings. The smallest absolute Gasteiger partial charge is 0.248 e. The zero-order chi connectivity index (χ0) is 22.0. The van der Waals surface area contributed by atoms with Crippen LogP contribution in [-0.4, -0.2) is 10.9 Å². The summed E-state index contributed by atoms with van der Waals surface area (Å²) in [6.45, 7) is 8.32. The first-order chi connectivity index (χ1) is 14.9. The number of oxazole rings is 1. The maximum absolute atomic E-state index is 12.5. The molecule has 0 saturated carbocycles. The van der Waals surface area contributed by atoms with Crippen LogP contribution in [0.15, 0.2) is 71.2 Å². The van der Waals surface area contributed by atoms with Gasteiger partial charge in [-0.15, -0.1) is 0 Å². The number of anilines is 1. The lowest BCUT2D eigenvalue weighted by molar-refractivity contribution is -0.111. The fraction of sp³-hybridized carbons (Fsp3) is 0.185. The van der Waals surface area contributed by atoms with Crippen molar-refractivity contribution in [1.29, 1.82) is 0 Å². The van der Waals surface area contributed by atoms with E-state index in [0.29, 0.717) is 11.8 Å². The number of carbonyl (C=O) groups is 1. The number of hydrogen-bond acceptors (Lipinski definition) is 3. The predicted molar refractivity (Wildman–Crippen MR) is 127 cm³/mol. The van der Waals surface area contributed by atoms with E-state index in [1.807, 2.05) is 68.5 Å². The van der Waals surface area contributed by atoms with Crippen LogP contribution in [-0.2, 0) is 4.79 Å². The Labute approximate surface area is 182 Å². The summed E-state index contributed by atoms with van der Waals surface area (Å²) < 4.78 is 5.90. The van der Waals surface area contributed by atoms with Crippen molar-refractivity contribution in [1.82, 2.24) is 4.98 Å². The van der Waals surface area contributed by atoms with Gasteiger partial charge in [-0.05, 0) is 72.4 Å². The van der Waals surface area contributed by atoms with Crippen molar-refractivity contribution in [3.8, 4) is 11.5 Å². The molecule has 0 radical (unpaired) electrons. The van der Waals surface area contributed by atoms with Crippen molar-refractivity contribution in [2.24, 2.45) is 0 Å². The molecule has 0 aliphatic heterocycles. The van der Waals surface area contributed by atoms with Gasteiger partial charge in [0.05, 0.1) is 0 Å². The highest BCUT2D eigenvalue weighted by atomic mass is 16.3. The molecule has 0 spiro atoms. The van der Waals surface area contributed by atoms with Gasteiger partial charge >= 0.3 is 0 Å². The third kappa shape index (κ3) is 4.75. The fourth-order valence-corrected chi connectivity index (χ4v) is 3.39. The molecule has 1 aromatic heterocycles. The van der Waals surface area contributed by atoms with E-state index >= 15 is 0 Å². The fourth-order valence-electron chi connectivity index (χ4n) is 3.39. The number of nitrogens with zero attached hydrogens (tertiary/aromatic N) is 1.